The highest BCUT2D eigenvalue weighted by molar-refractivity contribution is 5.87. The number of carbonyl (C=O) groups is 3. The van der Waals surface area contributed by atoms with Gasteiger partial charge < -0.3 is 187 Å². The van der Waals surface area contributed by atoms with Crippen LogP contribution in [0, 0.1) is 50.2 Å². The SMILES string of the molecule is COc1cc(C=CC(=O)OC2C(C)OC(OC(=O)C34CCC(C)(C)CC3C3=CCC5C6(C)CC(O)C(OC7OC(CO)C(O)C(O)C7O)C(C)(C(=O)O)C6CCC5(C)C3(CO)CC4)C(OC3OC(C)C(OC4OCC(O)C(OC5OCC(O)(CO)C5O)C4O)C(OC4OCC(O)(CO)C4O)C3O)C2OC2OC(CO)C(O)C(O)C2O)cc(OC)c1OC. The van der Waals surface area contributed by atoms with E-state index in [0.29, 0.717) is 24.0 Å². The van der Waals surface area contributed by atoms with Crippen molar-refractivity contribution in [1.82, 2.24) is 0 Å². The van der Waals surface area contributed by atoms with Gasteiger partial charge in [-0.05, 0) is 136 Å². The largest absolute Gasteiger partial charge is 0.493 e. The van der Waals surface area contributed by atoms with Crippen molar-refractivity contribution in [3.8, 4) is 17.2 Å². The average molecular weight is 1750 g/mol. The Kier molecular flexibility index (Phi) is 28.2. The summed E-state index contributed by atoms with van der Waals surface area (Å²) in [5, 5.41) is 225. The molecule has 7 heterocycles. The van der Waals surface area contributed by atoms with Gasteiger partial charge in [-0.15, -0.1) is 0 Å². The summed E-state index contributed by atoms with van der Waals surface area (Å²) in [5.41, 5.74) is -10.7. The van der Waals surface area contributed by atoms with E-state index in [1.807, 2.05) is 33.8 Å². The van der Waals surface area contributed by atoms with Crippen LogP contribution in [0.2, 0.25) is 0 Å². The number of fused-ring (bicyclic) bond motifs is 7. The Morgan fingerprint density at radius 1 is 0.508 bits per heavy atom. The first-order chi connectivity index (χ1) is 57.5. The molecule has 0 bridgehead atoms. The van der Waals surface area contributed by atoms with Crippen molar-refractivity contribution in [3.63, 3.8) is 0 Å². The van der Waals surface area contributed by atoms with E-state index >= 15 is 4.79 Å². The molecule has 122 heavy (non-hydrogen) atoms. The van der Waals surface area contributed by atoms with E-state index in [0.717, 1.165) is 6.08 Å². The second-order valence-corrected chi connectivity index (χ2v) is 36.6. The first-order valence-corrected chi connectivity index (χ1v) is 41.4. The van der Waals surface area contributed by atoms with E-state index in [-0.39, 0.29) is 62.2 Å². The minimum absolute atomic E-state index is 0.00597. The number of hydrogen-bond acceptors (Lipinski definition) is 40. The number of aliphatic hydroxyl groups is 19. The maximum Gasteiger partial charge on any atom is 0.331 e. The van der Waals surface area contributed by atoms with E-state index in [1.54, 1.807) is 0 Å². The highest BCUT2D eigenvalue weighted by Gasteiger charge is 2.75. The van der Waals surface area contributed by atoms with Gasteiger partial charge in [0.05, 0.1) is 103 Å². The molecule has 692 valence electrons. The molecule has 40 atom stereocenters. The van der Waals surface area contributed by atoms with Gasteiger partial charge in [-0.25, -0.2) is 4.79 Å². The maximum atomic E-state index is 16.7. The van der Waals surface area contributed by atoms with E-state index in [2.05, 4.69) is 0 Å². The number of carboxylic acids is 1. The summed E-state index contributed by atoms with van der Waals surface area (Å²) in [6.07, 6.45) is -51.0. The third-order valence-corrected chi connectivity index (χ3v) is 29.1. The van der Waals surface area contributed by atoms with Gasteiger partial charge >= 0.3 is 17.9 Å². The van der Waals surface area contributed by atoms with Gasteiger partial charge in [0.25, 0.3) is 0 Å². The summed E-state index contributed by atoms with van der Waals surface area (Å²) >= 11 is 0. The van der Waals surface area contributed by atoms with Crippen LogP contribution in [0.1, 0.15) is 112 Å². The van der Waals surface area contributed by atoms with Crippen molar-refractivity contribution in [2.45, 2.75) is 302 Å². The van der Waals surface area contributed by atoms with E-state index < -0.39 is 317 Å². The fourth-order valence-corrected chi connectivity index (χ4v) is 21.9. The maximum absolute atomic E-state index is 16.7. The Hall–Kier alpha value is -4.77. The number of ether oxygens (including phenoxy) is 18. The average Bonchev–Trinajstić information content (AvgIpc) is 0.823. The monoisotopic (exact) mass is 1750 g/mol. The lowest BCUT2D eigenvalue weighted by atomic mass is 9.33. The first-order valence-electron chi connectivity index (χ1n) is 41.4. The number of esters is 2. The van der Waals surface area contributed by atoms with Crippen LogP contribution in [-0.2, 0) is 85.4 Å². The summed E-state index contributed by atoms with van der Waals surface area (Å²) in [5.74, 6) is -4.85. The zero-order chi connectivity index (χ0) is 89.0. The van der Waals surface area contributed by atoms with Crippen molar-refractivity contribution >= 4 is 24.0 Å². The summed E-state index contributed by atoms with van der Waals surface area (Å²) in [6, 6.07) is 3.02. The molecule has 0 aromatic heterocycles. The van der Waals surface area contributed by atoms with Gasteiger partial charge in [-0.2, -0.15) is 0 Å². The van der Waals surface area contributed by atoms with Gasteiger partial charge in [0.15, 0.2) is 61.4 Å². The predicted molar refractivity (Wildman–Crippen MR) is 404 cm³/mol. The predicted octanol–water partition coefficient (Wildman–Crippen LogP) is -5.29. The van der Waals surface area contributed by atoms with Gasteiger partial charge in [0.1, 0.15) is 121 Å². The number of benzene rings is 1. The summed E-state index contributed by atoms with van der Waals surface area (Å²) in [6.45, 7) is 5.79. The van der Waals surface area contributed by atoms with Crippen LogP contribution >= 0.6 is 0 Å². The minimum atomic E-state index is -2.38. The Bertz CT molecular complexity index is 3850. The van der Waals surface area contributed by atoms with Crippen molar-refractivity contribution in [1.29, 1.82) is 0 Å². The zero-order valence-electron chi connectivity index (χ0n) is 69.5. The molecule has 11 fully saturated rings. The standard InChI is InChI=1S/C81H122O41/c1-33-55(116-65-53(96)57(39(88)27-108-65)117-70-62(98)80(103,29-85)31-109-70)59(118-71-63(99)81(104,30-86)32-110-71)54(97)68(111-33)120-61-60(119-66-51(94)49(92)47(90)42(25-82)113-66)56(115-46(89)14-11-35-21-40(105-8)58(107-10)41(22-35)106-9)34(2)112-69(61)122-73(102)78-18-17-74(3,4)23-37(78)36-12-13-44-75(5)24-38(87)64(121-67-52(95)50(93)48(91)43(26-83)114-67)77(7,72(100)101)45(75)15-16-76(44,6)79(36,28-84)20-19-78/h11-12,14,21-22,33-34,37-39,42-45,47-57,59-71,82-88,90-99,103-104H,13,15-20,23-32H2,1-10H3,(H,100,101). The van der Waals surface area contributed by atoms with Gasteiger partial charge in [-0.1, -0.05) is 39.3 Å². The van der Waals surface area contributed by atoms with Crippen molar-refractivity contribution in [2.24, 2.45) is 50.2 Å². The van der Waals surface area contributed by atoms with Crippen molar-refractivity contribution in [3.05, 3.63) is 35.4 Å². The third-order valence-electron chi connectivity index (χ3n) is 29.1. The molecule has 0 radical (unpaired) electrons. The number of hydrogen-bond donors (Lipinski definition) is 20. The molecule has 5 aliphatic carbocycles. The van der Waals surface area contributed by atoms with Crippen molar-refractivity contribution < 1.29 is 202 Å². The van der Waals surface area contributed by atoms with Crippen LogP contribution in [0.3, 0.4) is 0 Å². The number of carbonyl (C=O) groups excluding carboxylic acids is 2. The number of allylic oxidation sites excluding steroid dienone is 1. The second kappa shape index (κ2) is 36.3. The van der Waals surface area contributed by atoms with Crippen LogP contribution in [0.4, 0.5) is 0 Å². The third kappa shape index (κ3) is 16.5. The number of rotatable bonds is 26. The van der Waals surface area contributed by atoms with Crippen LogP contribution < -0.4 is 14.2 Å². The molecule has 13 rings (SSSR count). The molecule has 40 unspecified atom stereocenters. The van der Waals surface area contributed by atoms with E-state index in [4.69, 9.17) is 85.3 Å². The highest BCUT2D eigenvalue weighted by atomic mass is 16.8. The highest BCUT2D eigenvalue weighted by Crippen LogP contribution is 2.76. The van der Waals surface area contributed by atoms with Crippen molar-refractivity contribution in [2.75, 3.05) is 74.2 Å². The zero-order valence-corrected chi connectivity index (χ0v) is 69.5. The lowest BCUT2D eigenvalue weighted by Crippen LogP contribution is -2.71. The summed E-state index contributed by atoms with van der Waals surface area (Å²) in [4.78, 5) is 45.5. The number of aliphatic hydroxyl groups excluding tert-OH is 17. The first kappa shape index (κ1) is 94.8. The molecule has 1 aromatic rings. The van der Waals surface area contributed by atoms with E-state index in [1.165, 1.54) is 60.3 Å². The van der Waals surface area contributed by atoms with Crippen LogP contribution in [0.15, 0.2) is 29.9 Å². The Morgan fingerprint density at radius 2 is 1.03 bits per heavy atom. The quantitative estimate of drug-likeness (QED) is 0.0178. The second-order valence-electron chi connectivity index (χ2n) is 36.6. The van der Waals surface area contributed by atoms with Gasteiger partial charge in [0.2, 0.25) is 12.0 Å². The normalized spacial score (nSPS) is 48.8. The topological polar surface area (TPSA) is 622 Å². The fourth-order valence-electron chi connectivity index (χ4n) is 21.9. The molecule has 41 nitrogen and oxygen atoms in total. The minimum Gasteiger partial charge on any atom is -0.493 e. The van der Waals surface area contributed by atoms with Gasteiger partial charge in [-0.3, -0.25) is 9.59 Å². The molecule has 0 amide bonds. The molecule has 7 aliphatic heterocycles. The summed E-state index contributed by atoms with van der Waals surface area (Å²) < 4.78 is 110. The molecular formula is C81H122O41. The Morgan fingerprint density at radius 3 is 1.58 bits per heavy atom. The number of aliphatic carboxylic acids is 1. The molecular weight excluding hydrogens is 1630 g/mol. The lowest BCUT2D eigenvalue weighted by molar-refractivity contribution is -0.398. The van der Waals surface area contributed by atoms with Crippen LogP contribution in [0.25, 0.3) is 6.08 Å². The fraction of sp³-hybridized carbons (Fsp3) is 0.840. The molecule has 7 saturated heterocycles. The molecule has 20 N–H and O–H groups in total. The molecule has 41 heteroatoms. The Labute approximate surface area is 702 Å². The van der Waals surface area contributed by atoms with Crippen LogP contribution in [0.5, 0.6) is 17.2 Å². The lowest BCUT2D eigenvalue weighted by Gasteiger charge is -2.71. The Balaban J connectivity index is 0.875. The smallest absolute Gasteiger partial charge is 0.331 e. The molecule has 12 aliphatic rings. The molecule has 1 aromatic carbocycles. The number of carboxylic acid groups (broad SMARTS) is 1. The van der Waals surface area contributed by atoms with Crippen LogP contribution in [-0.4, -0.2) is 390 Å². The number of methoxy groups -OCH3 is 3. The molecule has 0 spiro atoms. The molecule has 4 saturated carbocycles. The summed E-state index contributed by atoms with van der Waals surface area (Å²) in [7, 11) is 4.12. The van der Waals surface area contributed by atoms with Gasteiger partial charge in [0, 0.05) is 11.5 Å². The van der Waals surface area contributed by atoms with E-state index in [9.17, 15) is 112 Å².